The molecule has 0 saturated heterocycles. The summed E-state index contributed by atoms with van der Waals surface area (Å²) in [5.41, 5.74) is 2.82. The van der Waals surface area contributed by atoms with Gasteiger partial charge < -0.3 is 14.2 Å². The average molecular weight is 393 g/mol. The summed E-state index contributed by atoms with van der Waals surface area (Å²) >= 11 is 1.21. The second kappa shape index (κ2) is 7.90. The predicted molar refractivity (Wildman–Crippen MR) is 108 cm³/mol. The first-order chi connectivity index (χ1) is 13.6. The third-order valence-corrected chi connectivity index (χ3v) is 5.10. The highest BCUT2D eigenvalue weighted by molar-refractivity contribution is 7.99. The summed E-state index contributed by atoms with van der Waals surface area (Å²) in [6.07, 6.45) is 0. The lowest BCUT2D eigenvalue weighted by Gasteiger charge is -2.10. The van der Waals surface area contributed by atoms with Gasteiger partial charge in [0.1, 0.15) is 11.3 Å². The van der Waals surface area contributed by atoms with E-state index >= 15 is 0 Å². The normalized spacial score (nSPS) is 12.2. The minimum Gasteiger partial charge on any atom is -0.459 e. The lowest BCUT2D eigenvalue weighted by atomic mass is 10.1. The van der Waals surface area contributed by atoms with Gasteiger partial charge in [-0.2, -0.15) is 0 Å². The Morgan fingerprint density at radius 2 is 1.89 bits per heavy atom. The number of carbonyl (C=O) groups excluding carboxylic acids is 1. The van der Waals surface area contributed by atoms with E-state index < -0.39 is 0 Å². The van der Waals surface area contributed by atoms with Crippen molar-refractivity contribution in [2.24, 2.45) is 0 Å². The zero-order valence-electron chi connectivity index (χ0n) is 15.5. The van der Waals surface area contributed by atoms with Crippen LogP contribution in [0.3, 0.4) is 0 Å². The molecule has 1 atom stereocenters. The fourth-order valence-electron chi connectivity index (χ4n) is 2.78. The van der Waals surface area contributed by atoms with Gasteiger partial charge in [0.25, 0.3) is 5.22 Å². The molecule has 0 aliphatic heterocycles. The summed E-state index contributed by atoms with van der Waals surface area (Å²) < 4.78 is 11.4. The SMILES string of the molecule is Cc1ccc(-c2nnc(SCC(=O)N[C@@H](C)c3cc4ccccc4o3)o2)cc1. The molecular weight excluding hydrogens is 374 g/mol. The highest BCUT2D eigenvalue weighted by atomic mass is 32.2. The maximum atomic E-state index is 12.3. The van der Waals surface area contributed by atoms with Crippen molar-refractivity contribution in [3.8, 4) is 11.5 Å². The Morgan fingerprint density at radius 1 is 1.11 bits per heavy atom. The number of fused-ring (bicyclic) bond motifs is 1. The molecule has 0 saturated carbocycles. The Labute approximate surface area is 166 Å². The van der Waals surface area contributed by atoms with Crippen LogP contribution in [0.2, 0.25) is 0 Å². The summed E-state index contributed by atoms with van der Waals surface area (Å²) in [6.45, 7) is 3.91. The first kappa shape index (κ1) is 18.3. The van der Waals surface area contributed by atoms with Gasteiger partial charge in [0.15, 0.2) is 0 Å². The van der Waals surface area contributed by atoms with Crippen LogP contribution in [0.15, 0.2) is 68.7 Å². The van der Waals surface area contributed by atoms with Crippen LogP contribution in [0.1, 0.15) is 24.3 Å². The Morgan fingerprint density at radius 3 is 2.68 bits per heavy atom. The molecule has 0 bridgehead atoms. The molecule has 7 heteroatoms. The molecule has 0 spiro atoms. The van der Waals surface area contributed by atoms with Gasteiger partial charge in [-0.05, 0) is 38.1 Å². The number of rotatable bonds is 6. The maximum Gasteiger partial charge on any atom is 0.277 e. The lowest BCUT2D eigenvalue weighted by Crippen LogP contribution is -2.27. The molecule has 1 amide bonds. The Balaban J connectivity index is 1.33. The second-order valence-corrected chi connectivity index (χ2v) is 7.43. The number of furan rings is 1. The molecule has 142 valence electrons. The quantitative estimate of drug-likeness (QED) is 0.476. The molecule has 1 N–H and O–H groups in total. The first-order valence-electron chi connectivity index (χ1n) is 8.89. The van der Waals surface area contributed by atoms with Crippen LogP contribution in [0.4, 0.5) is 0 Å². The molecule has 0 unspecified atom stereocenters. The molecule has 2 aromatic carbocycles. The number of nitrogens with zero attached hydrogens (tertiary/aromatic N) is 2. The number of para-hydroxylation sites is 1. The number of nitrogens with one attached hydrogen (secondary N) is 1. The zero-order chi connectivity index (χ0) is 19.5. The van der Waals surface area contributed by atoms with Crippen LogP contribution in [0, 0.1) is 6.92 Å². The topological polar surface area (TPSA) is 81.2 Å². The van der Waals surface area contributed by atoms with E-state index in [2.05, 4.69) is 15.5 Å². The van der Waals surface area contributed by atoms with E-state index in [4.69, 9.17) is 8.83 Å². The highest BCUT2D eigenvalue weighted by Gasteiger charge is 2.16. The molecule has 4 aromatic rings. The number of thioether (sulfide) groups is 1. The fraction of sp³-hybridized carbons (Fsp3) is 0.190. The van der Waals surface area contributed by atoms with Gasteiger partial charge in [-0.25, -0.2) is 0 Å². The van der Waals surface area contributed by atoms with Gasteiger partial charge in [0, 0.05) is 10.9 Å². The van der Waals surface area contributed by atoms with Gasteiger partial charge >= 0.3 is 0 Å². The number of amides is 1. The van der Waals surface area contributed by atoms with Crippen LogP contribution >= 0.6 is 11.8 Å². The third kappa shape index (κ3) is 4.09. The summed E-state index contributed by atoms with van der Waals surface area (Å²) in [5.74, 6) is 1.21. The van der Waals surface area contributed by atoms with Crippen LogP contribution in [-0.2, 0) is 4.79 Å². The number of carbonyl (C=O) groups is 1. The molecule has 0 aliphatic carbocycles. The van der Waals surface area contributed by atoms with Crippen molar-refractivity contribution in [1.82, 2.24) is 15.5 Å². The third-order valence-electron chi connectivity index (χ3n) is 4.28. The van der Waals surface area contributed by atoms with Crippen molar-refractivity contribution < 1.29 is 13.6 Å². The first-order valence-corrected chi connectivity index (χ1v) is 9.88. The van der Waals surface area contributed by atoms with Crippen molar-refractivity contribution in [3.63, 3.8) is 0 Å². The molecule has 28 heavy (non-hydrogen) atoms. The van der Waals surface area contributed by atoms with Gasteiger partial charge in [0.05, 0.1) is 11.8 Å². The minimum atomic E-state index is -0.230. The number of aryl methyl sites for hydroxylation is 1. The number of benzene rings is 2. The molecule has 2 heterocycles. The van der Waals surface area contributed by atoms with Crippen molar-refractivity contribution >= 4 is 28.6 Å². The second-order valence-electron chi connectivity index (χ2n) is 6.50. The van der Waals surface area contributed by atoms with E-state index in [1.54, 1.807) is 0 Å². The zero-order valence-corrected chi connectivity index (χ0v) is 16.3. The van der Waals surface area contributed by atoms with Crippen molar-refractivity contribution in [1.29, 1.82) is 0 Å². The Kier molecular flexibility index (Phi) is 5.16. The molecule has 0 aliphatic rings. The smallest absolute Gasteiger partial charge is 0.277 e. The van der Waals surface area contributed by atoms with Gasteiger partial charge in [-0.15, -0.1) is 10.2 Å². The molecule has 4 rings (SSSR count). The number of aromatic nitrogens is 2. The van der Waals surface area contributed by atoms with E-state index in [9.17, 15) is 4.79 Å². The molecular formula is C21H19N3O3S. The highest BCUT2D eigenvalue weighted by Crippen LogP contribution is 2.25. The molecule has 2 aromatic heterocycles. The van der Waals surface area contributed by atoms with Gasteiger partial charge in [-0.3, -0.25) is 4.79 Å². The van der Waals surface area contributed by atoms with Crippen molar-refractivity contribution in [2.45, 2.75) is 25.1 Å². The summed E-state index contributed by atoms with van der Waals surface area (Å²) in [6, 6.07) is 17.3. The van der Waals surface area contributed by atoms with Crippen LogP contribution in [0.25, 0.3) is 22.4 Å². The summed E-state index contributed by atoms with van der Waals surface area (Å²) in [7, 11) is 0. The monoisotopic (exact) mass is 393 g/mol. The maximum absolute atomic E-state index is 12.3. The van der Waals surface area contributed by atoms with E-state index in [1.807, 2.05) is 68.4 Å². The largest absolute Gasteiger partial charge is 0.459 e. The Hall–Kier alpha value is -3.06. The summed E-state index contributed by atoms with van der Waals surface area (Å²) in [4.78, 5) is 12.3. The van der Waals surface area contributed by atoms with E-state index in [0.717, 1.165) is 27.9 Å². The van der Waals surface area contributed by atoms with E-state index in [1.165, 1.54) is 11.8 Å². The molecule has 6 nitrogen and oxygen atoms in total. The lowest BCUT2D eigenvalue weighted by molar-refractivity contribution is -0.119. The van der Waals surface area contributed by atoms with Crippen molar-refractivity contribution in [3.05, 3.63) is 65.9 Å². The summed E-state index contributed by atoms with van der Waals surface area (Å²) in [5, 5.41) is 12.4. The van der Waals surface area contributed by atoms with E-state index in [-0.39, 0.29) is 17.7 Å². The minimum absolute atomic E-state index is 0.131. The van der Waals surface area contributed by atoms with Gasteiger partial charge in [0.2, 0.25) is 11.8 Å². The van der Waals surface area contributed by atoms with Crippen LogP contribution < -0.4 is 5.32 Å². The van der Waals surface area contributed by atoms with Gasteiger partial charge in [-0.1, -0.05) is 47.7 Å². The average Bonchev–Trinajstić information content (AvgIpc) is 3.34. The Bertz CT molecular complexity index is 1070. The van der Waals surface area contributed by atoms with Crippen LogP contribution in [-0.4, -0.2) is 21.9 Å². The number of hydrogen-bond donors (Lipinski definition) is 1. The number of hydrogen-bond acceptors (Lipinski definition) is 6. The molecule has 0 radical (unpaired) electrons. The fourth-order valence-corrected chi connectivity index (χ4v) is 3.35. The van der Waals surface area contributed by atoms with Crippen LogP contribution in [0.5, 0.6) is 0 Å². The standard InChI is InChI=1S/C21H19N3O3S/c1-13-7-9-15(10-8-13)20-23-24-21(27-20)28-12-19(25)22-14(2)18-11-16-5-3-4-6-17(16)26-18/h3-11,14H,12H2,1-2H3,(H,22,25)/t14-/m0/s1. The van der Waals surface area contributed by atoms with E-state index in [0.29, 0.717) is 11.1 Å². The molecule has 0 fully saturated rings. The van der Waals surface area contributed by atoms with Crippen molar-refractivity contribution in [2.75, 3.05) is 5.75 Å². The predicted octanol–water partition coefficient (Wildman–Crippen LogP) is 4.76.